The van der Waals surface area contributed by atoms with E-state index in [4.69, 9.17) is 9.84 Å². The molecule has 1 fully saturated rings. The van der Waals surface area contributed by atoms with Gasteiger partial charge in [0.05, 0.1) is 18.7 Å². The Balaban J connectivity index is 1.68. The maximum absolute atomic E-state index is 13.1. The number of alkyl halides is 3. The lowest BCUT2D eigenvalue weighted by atomic mass is 10.0. The number of halogens is 3. The second kappa shape index (κ2) is 13.3. The number of nitrogens with zero attached hydrogens (tertiary/aromatic N) is 3. The molecule has 11 heteroatoms. The Bertz CT molecular complexity index is 1100. The number of rotatable bonds is 9. The zero-order valence-corrected chi connectivity index (χ0v) is 22.6. The molecule has 3 rings (SSSR count). The lowest BCUT2D eigenvalue weighted by molar-refractivity contribution is -0.140. The molecule has 2 amide bonds. The van der Waals surface area contributed by atoms with Gasteiger partial charge in [-0.05, 0) is 57.4 Å². The lowest BCUT2D eigenvalue weighted by Gasteiger charge is -2.39. The zero-order valence-electron chi connectivity index (χ0n) is 22.6. The maximum atomic E-state index is 13.1. The van der Waals surface area contributed by atoms with Crippen molar-refractivity contribution in [1.82, 2.24) is 20.1 Å². The number of piperidine rings is 1. The van der Waals surface area contributed by atoms with E-state index in [1.165, 1.54) is 0 Å². The topological polar surface area (TPSA) is 95.0 Å². The number of nitrogens with one attached hydrogen (secondary N) is 1. The molecule has 0 spiro atoms. The molecule has 0 atom stereocenters. The second-order valence-corrected chi connectivity index (χ2v) is 10.6. The van der Waals surface area contributed by atoms with Crippen LogP contribution in [-0.2, 0) is 11.3 Å². The molecule has 2 aromatic rings. The van der Waals surface area contributed by atoms with Gasteiger partial charge in [0.25, 0.3) is 5.91 Å². The van der Waals surface area contributed by atoms with E-state index in [2.05, 4.69) is 10.3 Å². The van der Waals surface area contributed by atoms with Gasteiger partial charge in [-0.2, -0.15) is 13.2 Å². The Kier molecular flexibility index (Phi) is 10.3. The molecule has 1 aromatic heterocycles. The van der Waals surface area contributed by atoms with E-state index in [9.17, 15) is 22.8 Å². The number of aromatic nitrogens is 1. The van der Waals surface area contributed by atoms with Crippen LogP contribution in [0.4, 0.5) is 18.0 Å². The van der Waals surface area contributed by atoms with E-state index in [0.29, 0.717) is 43.7 Å². The van der Waals surface area contributed by atoms with Crippen molar-refractivity contribution in [2.75, 3.05) is 32.8 Å². The molecule has 214 valence electrons. The maximum Gasteiger partial charge on any atom is 0.410 e. The van der Waals surface area contributed by atoms with Crippen LogP contribution in [-0.4, -0.2) is 82.5 Å². The minimum Gasteiger partial charge on any atom is -0.444 e. The van der Waals surface area contributed by atoms with Crippen LogP contribution in [0, 0.1) is 0 Å². The van der Waals surface area contributed by atoms with Crippen molar-refractivity contribution in [3.63, 3.8) is 0 Å². The highest BCUT2D eigenvalue weighted by atomic mass is 19.4. The molecule has 1 saturated heterocycles. The molecule has 0 aliphatic carbocycles. The Morgan fingerprint density at radius 3 is 2.46 bits per heavy atom. The number of aliphatic hydroxyl groups excluding tert-OH is 1. The number of hydrogen-bond donors (Lipinski definition) is 2. The fourth-order valence-corrected chi connectivity index (χ4v) is 4.42. The van der Waals surface area contributed by atoms with Gasteiger partial charge in [-0.3, -0.25) is 14.7 Å². The van der Waals surface area contributed by atoms with Crippen molar-refractivity contribution in [3.05, 3.63) is 53.7 Å². The van der Waals surface area contributed by atoms with Crippen LogP contribution < -0.4 is 5.32 Å². The smallest absolute Gasteiger partial charge is 0.410 e. The Labute approximate surface area is 227 Å². The monoisotopic (exact) mass is 550 g/mol. The third kappa shape index (κ3) is 9.81. The molecule has 39 heavy (non-hydrogen) atoms. The summed E-state index contributed by atoms with van der Waals surface area (Å²) in [5, 5.41) is 11.5. The zero-order chi connectivity index (χ0) is 28.6. The fraction of sp³-hybridized carbons (Fsp3) is 0.536. The van der Waals surface area contributed by atoms with Crippen molar-refractivity contribution in [2.45, 2.75) is 64.4 Å². The second-order valence-electron chi connectivity index (χ2n) is 10.6. The number of amides is 2. The van der Waals surface area contributed by atoms with Crippen LogP contribution in [0.15, 0.2) is 42.6 Å². The summed E-state index contributed by atoms with van der Waals surface area (Å²) in [4.78, 5) is 32.5. The molecule has 0 radical (unpaired) electrons. The summed E-state index contributed by atoms with van der Waals surface area (Å²) in [6.07, 6.45) is -2.86. The highest BCUT2D eigenvalue weighted by Gasteiger charge is 2.33. The van der Waals surface area contributed by atoms with Gasteiger partial charge in [-0.25, -0.2) is 4.79 Å². The molecular weight excluding hydrogens is 513 g/mol. The van der Waals surface area contributed by atoms with Crippen molar-refractivity contribution in [3.8, 4) is 11.3 Å². The SMILES string of the molecule is CC(C)(C)OC(=O)N1CCC(N(CCC(F)(F)F)Cc2ccc(-c3cccc(C(=O)NCCO)c3)nc2)CC1. The number of ether oxygens (including phenoxy) is 1. The number of hydrogen-bond acceptors (Lipinski definition) is 6. The number of pyridine rings is 1. The van der Waals surface area contributed by atoms with Crippen LogP contribution in [0.5, 0.6) is 0 Å². The van der Waals surface area contributed by atoms with Crippen molar-refractivity contribution in [1.29, 1.82) is 0 Å². The van der Waals surface area contributed by atoms with Crippen molar-refractivity contribution < 1.29 is 32.6 Å². The van der Waals surface area contributed by atoms with E-state index in [-0.39, 0.29) is 31.6 Å². The minimum atomic E-state index is -4.27. The van der Waals surface area contributed by atoms with Gasteiger partial charge in [-0.1, -0.05) is 18.2 Å². The summed E-state index contributed by atoms with van der Waals surface area (Å²) in [5.74, 6) is -0.305. The highest BCUT2D eigenvalue weighted by Crippen LogP contribution is 2.26. The lowest BCUT2D eigenvalue weighted by Crippen LogP contribution is -2.48. The summed E-state index contributed by atoms with van der Waals surface area (Å²) in [5.41, 5.74) is 1.94. The van der Waals surface area contributed by atoms with E-state index >= 15 is 0 Å². The molecule has 2 heterocycles. The van der Waals surface area contributed by atoms with E-state index in [1.54, 1.807) is 56.1 Å². The largest absolute Gasteiger partial charge is 0.444 e. The number of carbonyl (C=O) groups is 2. The first-order valence-electron chi connectivity index (χ1n) is 13.1. The Hall–Kier alpha value is -3.18. The standard InChI is InChI=1S/C28H37F3N4O4/c1-27(2,3)39-26(38)34-13-9-23(10-14-34)35(15-11-28(29,30)31)19-20-7-8-24(33-18-20)21-5-4-6-22(17-21)25(37)32-12-16-36/h4-8,17-18,23,36H,9-16,19H2,1-3H3,(H,32,37). The summed E-state index contributed by atoms with van der Waals surface area (Å²) in [7, 11) is 0. The number of benzene rings is 1. The van der Waals surface area contributed by atoms with Crippen LogP contribution >= 0.6 is 0 Å². The summed E-state index contributed by atoms with van der Waals surface area (Å²) >= 11 is 0. The number of aliphatic hydroxyl groups is 1. The van der Waals surface area contributed by atoms with Crippen LogP contribution in [0.25, 0.3) is 11.3 Å². The number of likely N-dealkylation sites (tertiary alicyclic amines) is 1. The molecule has 1 aliphatic heterocycles. The first kappa shape index (κ1) is 30.4. The molecule has 0 unspecified atom stereocenters. The van der Waals surface area contributed by atoms with Gasteiger partial charge in [0.2, 0.25) is 0 Å². The third-order valence-corrected chi connectivity index (χ3v) is 6.34. The van der Waals surface area contributed by atoms with Gasteiger partial charge >= 0.3 is 12.3 Å². The van der Waals surface area contributed by atoms with E-state index < -0.39 is 24.3 Å². The predicted octanol–water partition coefficient (Wildman–Crippen LogP) is 4.62. The van der Waals surface area contributed by atoms with E-state index in [0.717, 1.165) is 11.1 Å². The molecular formula is C28H37F3N4O4. The molecule has 1 aromatic carbocycles. The summed E-state index contributed by atoms with van der Waals surface area (Å²) < 4.78 is 44.7. The van der Waals surface area contributed by atoms with Gasteiger partial charge in [0, 0.05) is 56.1 Å². The molecule has 0 bridgehead atoms. The fourth-order valence-electron chi connectivity index (χ4n) is 4.42. The normalized spacial score (nSPS) is 14.9. The van der Waals surface area contributed by atoms with Crippen LogP contribution in [0.2, 0.25) is 0 Å². The molecule has 2 N–H and O–H groups in total. The Morgan fingerprint density at radius 1 is 1.15 bits per heavy atom. The van der Waals surface area contributed by atoms with Crippen LogP contribution in [0.3, 0.4) is 0 Å². The van der Waals surface area contributed by atoms with Gasteiger partial charge in [0.15, 0.2) is 0 Å². The quantitative estimate of drug-likeness (QED) is 0.473. The first-order valence-corrected chi connectivity index (χ1v) is 13.1. The first-order chi connectivity index (χ1) is 18.3. The van der Waals surface area contributed by atoms with Gasteiger partial charge < -0.3 is 20.1 Å². The predicted molar refractivity (Wildman–Crippen MR) is 141 cm³/mol. The Morgan fingerprint density at radius 2 is 1.87 bits per heavy atom. The van der Waals surface area contributed by atoms with Crippen molar-refractivity contribution >= 4 is 12.0 Å². The minimum absolute atomic E-state index is 0.111. The molecule has 0 saturated carbocycles. The highest BCUT2D eigenvalue weighted by molar-refractivity contribution is 5.95. The van der Waals surface area contributed by atoms with Gasteiger partial charge in [0.1, 0.15) is 5.60 Å². The summed E-state index contributed by atoms with van der Waals surface area (Å²) in [6, 6.07) is 10.4. The van der Waals surface area contributed by atoms with Gasteiger partial charge in [-0.15, -0.1) is 0 Å². The van der Waals surface area contributed by atoms with Crippen LogP contribution in [0.1, 0.15) is 56.0 Å². The third-order valence-electron chi connectivity index (χ3n) is 6.34. The van der Waals surface area contributed by atoms with Crippen molar-refractivity contribution in [2.24, 2.45) is 0 Å². The summed E-state index contributed by atoms with van der Waals surface area (Å²) in [6.45, 7) is 6.37. The number of carbonyl (C=O) groups excluding carboxylic acids is 2. The molecule has 8 nitrogen and oxygen atoms in total. The average molecular weight is 551 g/mol. The molecule has 1 aliphatic rings. The van der Waals surface area contributed by atoms with E-state index in [1.807, 2.05) is 17.0 Å². The average Bonchev–Trinajstić information content (AvgIpc) is 2.88.